The van der Waals surface area contributed by atoms with Crippen molar-refractivity contribution in [2.45, 2.75) is 19.4 Å². The van der Waals surface area contributed by atoms with Crippen LogP contribution in [0.2, 0.25) is 5.02 Å². The van der Waals surface area contributed by atoms with Gasteiger partial charge in [-0.2, -0.15) is 5.10 Å². The van der Waals surface area contributed by atoms with Crippen molar-refractivity contribution in [1.29, 1.82) is 0 Å². The third-order valence-corrected chi connectivity index (χ3v) is 3.61. The summed E-state index contributed by atoms with van der Waals surface area (Å²) in [6, 6.07) is -0.110. The molecule has 2 rings (SSSR count). The minimum absolute atomic E-state index is 0.110. The van der Waals surface area contributed by atoms with Crippen molar-refractivity contribution in [3.8, 4) is 0 Å². The Labute approximate surface area is 108 Å². The van der Waals surface area contributed by atoms with Crippen LogP contribution in [0, 0.1) is 6.92 Å². The van der Waals surface area contributed by atoms with Crippen molar-refractivity contribution in [2.24, 2.45) is 12.9 Å². The summed E-state index contributed by atoms with van der Waals surface area (Å²) in [7, 11) is 1.86. The molecule has 0 aromatic carbocycles. The van der Waals surface area contributed by atoms with Gasteiger partial charge in [0.15, 0.2) is 0 Å². The topological polar surface area (TPSA) is 81.7 Å². The first kappa shape index (κ1) is 12.4. The number of aromatic nitrogens is 4. The summed E-state index contributed by atoms with van der Waals surface area (Å²) in [5.74, 6) is 5.53. The molecule has 0 bridgehead atoms. The number of nitrogens with zero attached hydrogens (tertiary/aromatic N) is 4. The summed E-state index contributed by atoms with van der Waals surface area (Å²) in [6.07, 6.45) is 0.623. The average Bonchev–Trinajstić information content (AvgIpc) is 2.89. The van der Waals surface area contributed by atoms with Gasteiger partial charge in [0.1, 0.15) is 0 Å². The van der Waals surface area contributed by atoms with Crippen LogP contribution >= 0.6 is 23.1 Å². The Hall–Kier alpha value is -1.02. The highest BCUT2D eigenvalue weighted by atomic mass is 35.5. The number of aryl methyl sites for hydroxylation is 2. The Kier molecular flexibility index (Phi) is 3.72. The van der Waals surface area contributed by atoms with Gasteiger partial charge in [0.25, 0.3) is 0 Å². The molecule has 92 valence electrons. The van der Waals surface area contributed by atoms with E-state index in [1.807, 2.05) is 19.4 Å². The molecule has 2 aromatic rings. The number of halogens is 1. The van der Waals surface area contributed by atoms with Crippen LogP contribution in [0.15, 0.2) is 5.38 Å². The third kappa shape index (κ3) is 2.47. The zero-order valence-corrected chi connectivity index (χ0v) is 11.1. The van der Waals surface area contributed by atoms with Crippen LogP contribution in [0.3, 0.4) is 0 Å². The average molecular weight is 273 g/mol. The van der Waals surface area contributed by atoms with Crippen molar-refractivity contribution in [1.82, 2.24) is 24.8 Å². The van der Waals surface area contributed by atoms with E-state index >= 15 is 0 Å². The summed E-state index contributed by atoms with van der Waals surface area (Å²) in [6.45, 7) is 1.88. The summed E-state index contributed by atoms with van der Waals surface area (Å²) in [5.41, 5.74) is 5.28. The molecule has 0 aliphatic carbocycles. The maximum absolute atomic E-state index is 6.19. The highest BCUT2D eigenvalue weighted by Gasteiger charge is 2.19. The first-order chi connectivity index (χ1) is 8.13. The molecule has 1 atom stereocenters. The maximum Gasteiger partial charge on any atom is 0.0942 e. The van der Waals surface area contributed by atoms with Crippen molar-refractivity contribution < 1.29 is 0 Å². The number of nitrogens with two attached hydrogens (primary N) is 1. The van der Waals surface area contributed by atoms with Crippen molar-refractivity contribution >= 4 is 23.1 Å². The first-order valence-electron chi connectivity index (χ1n) is 5.04. The van der Waals surface area contributed by atoms with E-state index in [1.165, 1.54) is 11.5 Å². The molecule has 0 saturated carbocycles. The van der Waals surface area contributed by atoms with Gasteiger partial charge in [-0.05, 0) is 18.5 Å². The zero-order valence-electron chi connectivity index (χ0n) is 9.51. The second kappa shape index (κ2) is 5.09. The molecule has 8 heteroatoms. The fourth-order valence-corrected chi connectivity index (χ4v) is 2.41. The fourth-order valence-electron chi connectivity index (χ4n) is 1.67. The van der Waals surface area contributed by atoms with Gasteiger partial charge in [-0.25, -0.2) is 0 Å². The van der Waals surface area contributed by atoms with Crippen LogP contribution in [-0.2, 0) is 13.5 Å². The number of hydrogen-bond acceptors (Lipinski definition) is 6. The van der Waals surface area contributed by atoms with Crippen molar-refractivity contribution in [3.05, 3.63) is 27.5 Å². The lowest BCUT2D eigenvalue weighted by atomic mass is 10.1. The number of hydrogen-bond donors (Lipinski definition) is 2. The molecule has 0 radical (unpaired) electrons. The number of rotatable bonds is 4. The van der Waals surface area contributed by atoms with Crippen LogP contribution in [0.4, 0.5) is 0 Å². The SMILES string of the molecule is Cc1nn(C)c(CC(NN)c2csnn2)c1Cl. The van der Waals surface area contributed by atoms with Crippen LogP contribution in [0.5, 0.6) is 0 Å². The van der Waals surface area contributed by atoms with Crippen LogP contribution in [0.1, 0.15) is 23.1 Å². The molecule has 17 heavy (non-hydrogen) atoms. The normalized spacial score (nSPS) is 12.9. The largest absolute Gasteiger partial charge is 0.271 e. The van der Waals surface area contributed by atoms with Gasteiger partial charge in [0, 0.05) is 18.8 Å². The fraction of sp³-hybridized carbons (Fsp3) is 0.444. The maximum atomic E-state index is 6.19. The molecule has 0 aliphatic heterocycles. The molecule has 2 aromatic heterocycles. The Balaban J connectivity index is 2.24. The van der Waals surface area contributed by atoms with Crippen molar-refractivity contribution in [2.75, 3.05) is 0 Å². The minimum atomic E-state index is -0.110. The van der Waals surface area contributed by atoms with E-state index in [1.54, 1.807) is 4.68 Å². The van der Waals surface area contributed by atoms with Gasteiger partial charge < -0.3 is 0 Å². The van der Waals surface area contributed by atoms with Gasteiger partial charge in [-0.3, -0.25) is 16.0 Å². The zero-order chi connectivity index (χ0) is 12.4. The molecular weight excluding hydrogens is 260 g/mol. The molecule has 2 heterocycles. The van der Waals surface area contributed by atoms with Crippen LogP contribution < -0.4 is 11.3 Å². The Bertz CT molecular complexity index is 494. The smallest absolute Gasteiger partial charge is 0.0942 e. The molecular formula is C9H13ClN6S. The summed E-state index contributed by atoms with van der Waals surface area (Å²) >= 11 is 7.49. The van der Waals surface area contributed by atoms with Crippen LogP contribution in [0.25, 0.3) is 0 Å². The van der Waals surface area contributed by atoms with E-state index in [0.717, 1.165) is 17.1 Å². The molecule has 0 amide bonds. The van der Waals surface area contributed by atoms with E-state index in [-0.39, 0.29) is 6.04 Å². The van der Waals surface area contributed by atoms with E-state index in [9.17, 15) is 0 Å². The highest BCUT2D eigenvalue weighted by Crippen LogP contribution is 2.24. The molecule has 1 unspecified atom stereocenters. The van der Waals surface area contributed by atoms with Gasteiger partial charge in [0.05, 0.1) is 28.1 Å². The Morgan fingerprint density at radius 2 is 2.41 bits per heavy atom. The Morgan fingerprint density at radius 1 is 1.65 bits per heavy atom. The lowest BCUT2D eigenvalue weighted by Crippen LogP contribution is -2.30. The molecule has 0 spiro atoms. The molecule has 0 saturated heterocycles. The number of nitrogens with one attached hydrogen (secondary N) is 1. The highest BCUT2D eigenvalue weighted by molar-refractivity contribution is 7.03. The lowest BCUT2D eigenvalue weighted by Gasteiger charge is -2.13. The van der Waals surface area contributed by atoms with E-state index in [0.29, 0.717) is 11.4 Å². The third-order valence-electron chi connectivity index (χ3n) is 2.59. The second-order valence-corrected chi connectivity index (χ2v) is 4.71. The predicted molar refractivity (Wildman–Crippen MR) is 66.6 cm³/mol. The standard InChI is InChI=1S/C9H13ClN6S/c1-5-9(10)8(16(2)14-5)3-6(12-11)7-4-17-15-13-7/h4,6,12H,3,11H2,1-2H3. The molecule has 0 aliphatic rings. The monoisotopic (exact) mass is 272 g/mol. The molecule has 3 N–H and O–H groups in total. The number of hydrazine groups is 1. The quantitative estimate of drug-likeness (QED) is 0.641. The Morgan fingerprint density at radius 3 is 2.88 bits per heavy atom. The van der Waals surface area contributed by atoms with Crippen LogP contribution in [-0.4, -0.2) is 19.4 Å². The van der Waals surface area contributed by atoms with Gasteiger partial charge in [-0.1, -0.05) is 16.1 Å². The molecule has 6 nitrogen and oxygen atoms in total. The lowest BCUT2D eigenvalue weighted by molar-refractivity contribution is 0.517. The minimum Gasteiger partial charge on any atom is -0.271 e. The van der Waals surface area contributed by atoms with Gasteiger partial charge >= 0.3 is 0 Å². The summed E-state index contributed by atoms with van der Waals surface area (Å²) < 4.78 is 5.59. The summed E-state index contributed by atoms with van der Waals surface area (Å²) in [5, 5.41) is 10.8. The first-order valence-corrected chi connectivity index (χ1v) is 6.26. The second-order valence-electron chi connectivity index (χ2n) is 3.72. The van der Waals surface area contributed by atoms with E-state index in [2.05, 4.69) is 20.1 Å². The van der Waals surface area contributed by atoms with Gasteiger partial charge in [0.2, 0.25) is 0 Å². The van der Waals surface area contributed by atoms with Crippen molar-refractivity contribution in [3.63, 3.8) is 0 Å². The van der Waals surface area contributed by atoms with Gasteiger partial charge in [-0.15, -0.1) is 5.10 Å². The predicted octanol–water partition coefficient (Wildman–Crippen LogP) is 0.981. The van der Waals surface area contributed by atoms with E-state index < -0.39 is 0 Å². The summed E-state index contributed by atoms with van der Waals surface area (Å²) in [4.78, 5) is 0. The van der Waals surface area contributed by atoms with E-state index in [4.69, 9.17) is 17.4 Å². The molecule has 0 fully saturated rings.